The molecule has 4 heteroatoms. The summed E-state index contributed by atoms with van der Waals surface area (Å²) in [7, 11) is 0. The summed E-state index contributed by atoms with van der Waals surface area (Å²) < 4.78 is 0. The summed E-state index contributed by atoms with van der Waals surface area (Å²) in [5.74, 6) is 0. The van der Waals surface area contributed by atoms with Crippen LogP contribution in [0.2, 0.25) is 0 Å². The molecule has 4 nitrogen and oxygen atoms in total. The highest BCUT2D eigenvalue weighted by atomic mass is 15.3. The standard InChI is InChI=1S/C16H32N4/c1-5-17-9-11-18(6-2)13-15-20(8-4)16-14-19(7-3)12-10-17/h5-6H,1-2,7-16H2,3-4H3. The van der Waals surface area contributed by atoms with E-state index >= 15 is 0 Å². The van der Waals surface area contributed by atoms with Gasteiger partial charge in [0.05, 0.1) is 0 Å². The summed E-state index contributed by atoms with van der Waals surface area (Å²) in [6, 6.07) is 0. The predicted molar refractivity (Wildman–Crippen MR) is 87.8 cm³/mol. The summed E-state index contributed by atoms with van der Waals surface area (Å²) in [5, 5.41) is 0. The molecule has 0 bridgehead atoms. The van der Waals surface area contributed by atoms with Crippen LogP contribution in [0.25, 0.3) is 0 Å². The topological polar surface area (TPSA) is 13.0 Å². The summed E-state index contributed by atoms with van der Waals surface area (Å²) in [6.07, 6.45) is 3.94. The highest BCUT2D eigenvalue weighted by molar-refractivity contribution is 4.79. The third-order valence-electron chi connectivity index (χ3n) is 4.22. The van der Waals surface area contributed by atoms with E-state index in [1.165, 1.54) is 0 Å². The lowest BCUT2D eigenvalue weighted by Crippen LogP contribution is -2.43. The van der Waals surface area contributed by atoms with Gasteiger partial charge in [0.15, 0.2) is 0 Å². The lowest BCUT2D eigenvalue weighted by Gasteiger charge is -2.32. The maximum absolute atomic E-state index is 3.93. The number of hydrogen-bond acceptors (Lipinski definition) is 4. The van der Waals surface area contributed by atoms with Gasteiger partial charge in [-0.05, 0) is 25.5 Å². The monoisotopic (exact) mass is 280 g/mol. The van der Waals surface area contributed by atoms with E-state index in [4.69, 9.17) is 0 Å². The average Bonchev–Trinajstić information content (AvgIpc) is 2.48. The van der Waals surface area contributed by atoms with E-state index in [0.717, 1.165) is 65.4 Å². The van der Waals surface area contributed by atoms with Crippen molar-refractivity contribution in [3.8, 4) is 0 Å². The van der Waals surface area contributed by atoms with Crippen molar-refractivity contribution in [3.63, 3.8) is 0 Å². The first-order valence-electron chi connectivity index (χ1n) is 7.91. The maximum Gasteiger partial charge on any atom is 0.0348 e. The van der Waals surface area contributed by atoms with Crippen LogP contribution >= 0.6 is 0 Å². The van der Waals surface area contributed by atoms with E-state index in [1.54, 1.807) is 0 Å². The van der Waals surface area contributed by atoms with Crippen LogP contribution < -0.4 is 0 Å². The molecule has 0 aromatic heterocycles. The van der Waals surface area contributed by atoms with Crippen LogP contribution in [-0.4, -0.2) is 85.0 Å². The Kier molecular flexibility index (Phi) is 8.38. The van der Waals surface area contributed by atoms with Crippen LogP contribution in [0.3, 0.4) is 0 Å². The summed E-state index contributed by atoms with van der Waals surface area (Å²) in [5.41, 5.74) is 0. The molecule has 0 N–H and O–H groups in total. The first-order valence-corrected chi connectivity index (χ1v) is 7.91. The van der Waals surface area contributed by atoms with Gasteiger partial charge in [0.1, 0.15) is 0 Å². The third-order valence-corrected chi connectivity index (χ3v) is 4.22. The van der Waals surface area contributed by atoms with Crippen molar-refractivity contribution >= 4 is 0 Å². The van der Waals surface area contributed by atoms with E-state index < -0.39 is 0 Å². The first kappa shape index (κ1) is 17.1. The van der Waals surface area contributed by atoms with Gasteiger partial charge in [-0.1, -0.05) is 27.0 Å². The largest absolute Gasteiger partial charge is 0.375 e. The number of likely N-dealkylation sites (N-methyl/N-ethyl adjacent to an activating group) is 2. The number of hydrogen-bond donors (Lipinski definition) is 0. The molecule has 0 unspecified atom stereocenters. The van der Waals surface area contributed by atoms with Crippen LogP contribution in [0.1, 0.15) is 13.8 Å². The highest BCUT2D eigenvalue weighted by Gasteiger charge is 2.11. The Morgan fingerprint density at radius 3 is 1.25 bits per heavy atom. The minimum Gasteiger partial charge on any atom is -0.375 e. The molecule has 1 aliphatic rings. The number of nitrogens with zero attached hydrogens (tertiary/aromatic N) is 4. The van der Waals surface area contributed by atoms with Gasteiger partial charge >= 0.3 is 0 Å². The molecule has 0 amide bonds. The van der Waals surface area contributed by atoms with Crippen molar-refractivity contribution in [2.45, 2.75) is 13.8 Å². The van der Waals surface area contributed by atoms with E-state index in [0.29, 0.717) is 0 Å². The number of rotatable bonds is 4. The van der Waals surface area contributed by atoms with Crippen LogP contribution in [-0.2, 0) is 0 Å². The van der Waals surface area contributed by atoms with E-state index in [-0.39, 0.29) is 0 Å². The van der Waals surface area contributed by atoms with E-state index in [2.05, 4.69) is 46.6 Å². The summed E-state index contributed by atoms with van der Waals surface area (Å²) >= 11 is 0. The van der Waals surface area contributed by atoms with Crippen LogP contribution in [0.15, 0.2) is 25.6 Å². The van der Waals surface area contributed by atoms with E-state index in [9.17, 15) is 0 Å². The zero-order valence-electron chi connectivity index (χ0n) is 13.4. The fourth-order valence-corrected chi connectivity index (χ4v) is 2.52. The van der Waals surface area contributed by atoms with Gasteiger partial charge in [-0.25, -0.2) is 0 Å². The molecular weight excluding hydrogens is 248 g/mol. The first-order chi connectivity index (χ1) is 9.73. The molecular formula is C16H32N4. The zero-order valence-corrected chi connectivity index (χ0v) is 13.4. The lowest BCUT2D eigenvalue weighted by molar-refractivity contribution is 0.172. The van der Waals surface area contributed by atoms with Crippen molar-refractivity contribution in [2.75, 3.05) is 65.4 Å². The Balaban J connectivity index is 2.63. The Morgan fingerprint density at radius 2 is 0.950 bits per heavy atom. The molecule has 0 aromatic rings. The summed E-state index contributed by atoms with van der Waals surface area (Å²) in [6.45, 7) is 23.4. The van der Waals surface area contributed by atoms with Crippen molar-refractivity contribution in [2.24, 2.45) is 0 Å². The Bertz CT molecular complexity index is 252. The molecule has 0 spiro atoms. The smallest absolute Gasteiger partial charge is 0.0348 e. The van der Waals surface area contributed by atoms with Gasteiger partial charge in [0.2, 0.25) is 0 Å². The quantitative estimate of drug-likeness (QED) is 0.774. The minimum absolute atomic E-state index is 1.03. The fourth-order valence-electron chi connectivity index (χ4n) is 2.52. The molecule has 0 atom stereocenters. The SMILES string of the molecule is C=CN1CCN(C=C)CCN(CC)CCN(CC)CC1. The van der Waals surface area contributed by atoms with Crippen LogP contribution in [0.5, 0.6) is 0 Å². The van der Waals surface area contributed by atoms with Crippen LogP contribution in [0, 0.1) is 0 Å². The third kappa shape index (κ3) is 5.97. The average molecular weight is 280 g/mol. The predicted octanol–water partition coefficient (Wildman–Crippen LogP) is 1.53. The Morgan fingerprint density at radius 1 is 0.650 bits per heavy atom. The Labute approximate surface area is 125 Å². The van der Waals surface area contributed by atoms with Gasteiger partial charge < -0.3 is 19.6 Å². The second kappa shape index (κ2) is 9.83. The van der Waals surface area contributed by atoms with Crippen molar-refractivity contribution in [3.05, 3.63) is 25.6 Å². The molecule has 1 heterocycles. The minimum atomic E-state index is 1.03. The fraction of sp³-hybridized carbons (Fsp3) is 0.750. The molecule has 1 rings (SSSR count). The van der Waals surface area contributed by atoms with Crippen LogP contribution in [0.4, 0.5) is 0 Å². The molecule has 0 saturated carbocycles. The molecule has 1 aliphatic heterocycles. The summed E-state index contributed by atoms with van der Waals surface area (Å²) in [4.78, 5) is 9.70. The molecule has 116 valence electrons. The van der Waals surface area contributed by atoms with Gasteiger partial charge in [-0.2, -0.15) is 0 Å². The molecule has 1 fully saturated rings. The maximum atomic E-state index is 3.93. The van der Waals surface area contributed by atoms with Crippen molar-refractivity contribution < 1.29 is 0 Å². The second-order valence-corrected chi connectivity index (χ2v) is 5.31. The van der Waals surface area contributed by atoms with Gasteiger partial charge in [-0.3, -0.25) is 0 Å². The van der Waals surface area contributed by atoms with E-state index in [1.807, 2.05) is 12.4 Å². The lowest BCUT2D eigenvalue weighted by atomic mass is 10.3. The zero-order chi connectivity index (χ0) is 14.8. The molecule has 0 aromatic carbocycles. The van der Waals surface area contributed by atoms with Crippen molar-refractivity contribution in [1.29, 1.82) is 0 Å². The van der Waals surface area contributed by atoms with Gasteiger partial charge in [0, 0.05) is 52.4 Å². The molecule has 0 aliphatic carbocycles. The molecule has 20 heavy (non-hydrogen) atoms. The molecule has 0 radical (unpaired) electrons. The van der Waals surface area contributed by atoms with Gasteiger partial charge in [0.25, 0.3) is 0 Å². The second-order valence-electron chi connectivity index (χ2n) is 5.31. The van der Waals surface area contributed by atoms with Gasteiger partial charge in [-0.15, -0.1) is 0 Å². The highest BCUT2D eigenvalue weighted by Crippen LogP contribution is 2.00. The normalized spacial score (nSPS) is 21.1. The van der Waals surface area contributed by atoms with Crippen molar-refractivity contribution in [1.82, 2.24) is 19.6 Å². The molecule has 1 saturated heterocycles. The Hall–Kier alpha value is -1.00.